The molecule has 0 saturated heterocycles. The molecule has 0 amide bonds. The quantitative estimate of drug-likeness (QED) is 0.692. The molecule has 1 atom stereocenters. The van der Waals surface area contributed by atoms with E-state index in [1.54, 1.807) is 14.2 Å². The van der Waals surface area contributed by atoms with E-state index in [4.69, 9.17) is 15.2 Å². The Morgan fingerprint density at radius 2 is 1.95 bits per heavy atom. The van der Waals surface area contributed by atoms with Gasteiger partial charge in [-0.1, -0.05) is 24.3 Å². The third-order valence-corrected chi connectivity index (χ3v) is 3.33. The first-order valence-corrected chi connectivity index (χ1v) is 6.70. The van der Waals surface area contributed by atoms with Crippen LogP contribution in [-0.4, -0.2) is 45.9 Å². The first-order valence-electron chi connectivity index (χ1n) is 6.70. The second kappa shape index (κ2) is 9.04. The van der Waals surface area contributed by atoms with E-state index in [-0.39, 0.29) is 6.04 Å². The zero-order chi connectivity index (χ0) is 14.1. The number of hydrogen-bond donors (Lipinski definition) is 1. The van der Waals surface area contributed by atoms with Gasteiger partial charge in [-0.15, -0.1) is 0 Å². The Kier molecular flexibility index (Phi) is 7.67. The number of nitrogens with zero attached hydrogens (tertiary/aromatic N) is 1. The van der Waals surface area contributed by atoms with Crippen LogP contribution in [0.5, 0.6) is 0 Å². The van der Waals surface area contributed by atoms with Gasteiger partial charge in [0.25, 0.3) is 0 Å². The van der Waals surface area contributed by atoms with E-state index in [2.05, 4.69) is 30.1 Å². The summed E-state index contributed by atoms with van der Waals surface area (Å²) in [5, 5.41) is 0. The molecule has 19 heavy (non-hydrogen) atoms. The molecule has 108 valence electrons. The van der Waals surface area contributed by atoms with E-state index in [0.29, 0.717) is 13.2 Å². The van der Waals surface area contributed by atoms with Crippen molar-refractivity contribution in [1.29, 1.82) is 0 Å². The molecule has 0 aliphatic rings. The van der Waals surface area contributed by atoms with Gasteiger partial charge in [-0.25, -0.2) is 0 Å². The molecule has 1 unspecified atom stereocenters. The van der Waals surface area contributed by atoms with E-state index in [1.165, 1.54) is 11.1 Å². The van der Waals surface area contributed by atoms with Gasteiger partial charge in [0.1, 0.15) is 0 Å². The molecule has 2 N–H and O–H groups in total. The first kappa shape index (κ1) is 16.1. The summed E-state index contributed by atoms with van der Waals surface area (Å²) in [6, 6.07) is 8.56. The number of methoxy groups -OCH3 is 2. The summed E-state index contributed by atoms with van der Waals surface area (Å²) in [5.41, 5.74) is 8.42. The minimum atomic E-state index is 0.225. The summed E-state index contributed by atoms with van der Waals surface area (Å²) in [6.07, 6.45) is 1.01. The molecule has 0 radical (unpaired) electrons. The fourth-order valence-electron chi connectivity index (χ4n) is 2.30. The van der Waals surface area contributed by atoms with Crippen molar-refractivity contribution in [3.05, 3.63) is 35.4 Å². The van der Waals surface area contributed by atoms with Crippen molar-refractivity contribution < 1.29 is 9.47 Å². The minimum Gasteiger partial charge on any atom is -0.385 e. The van der Waals surface area contributed by atoms with Crippen molar-refractivity contribution in [1.82, 2.24) is 4.90 Å². The molecule has 0 aliphatic carbocycles. The van der Waals surface area contributed by atoms with Crippen LogP contribution in [0.25, 0.3) is 0 Å². The maximum Gasteiger partial charge on any atom is 0.0716 e. The maximum atomic E-state index is 5.96. The molecule has 0 aromatic heterocycles. The van der Waals surface area contributed by atoms with Crippen molar-refractivity contribution >= 4 is 0 Å². The van der Waals surface area contributed by atoms with Crippen LogP contribution >= 0.6 is 0 Å². The Morgan fingerprint density at radius 3 is 2.58 bits per heavy atom. The van der Waals surface area contributed by atoms with Gasteiger partial charge in [0.15, 0.2) is 0 Å². The smallest absolute Gasteiger partial charge is 0.0716 e. The molecule has 1 rings (SSSR count). The summed E-state index contributed by atoms with van der Waals surface area (Å²) >= 11 is 0. The summed E-state index contributed by atoms with van der Waals surface area (Å²) in [5.74, 6) is 0. The molecule has 4 nitrogen and oxygen atoms in total. The Morgan fingerprint density at radius 1 is 1.21 bits per heavy atom. The Hall–Kier alpha value is -0.940. The molecule has 0 saturated carbocycles. The predicted molar refractivity (Wildman–Crippen MR) is 78.1 cm³/mol. The Labute approximate surface area is 116 Å². The summed E-state index contributed by atoms with van der Waals surface area (Å²) in [7, 11) is 5.56. The highest BCUT2D eigenvalue weighted by Crippen LogP contribution is 2.23. The van der Waals surface area contributed by atoms with Crippen LogP contribution in [-0.2, 0) is 16.1 Å². The molecular weight excluding hydrogens is 240 g/mol. The predicted octanol–water partition coefficient (Wildman–Crippen LogP) is 1.80. The van der Waals surface area contributed by atoms with Crippen molar-refractivity contribution in [3.63, 3.8) is 0 Å². The van der Waals surface area contributed by atoms with Crippen molar-refractivity contribution in [3.8, 4) is 0 Å². The number of likely N-dealkylation sites (N-methyl/N-ethyl adjacent to an activating group) is 1. The van der Waals surface area contributed by atoms with Gasteiger partial charge in [-0.3, -0.25) is 4.90 Å². The van der Waals surface area contributed by atoms with Crippen LogP contribution < -0.4 is 5.73 Å². The van der Waals surface area contributed by atoms with Gasteiger partial charge < -0.3 is 15.2 Å². The molecule has 0 spiro atoms. The van der Waals surface area contributed by atoms with Gasteiger partial charge >= 0.3 is 0 Å². The molecule has 0 fully saturated rings. The Bertz CT molecular complexity index is 358. The molecular formula is C15H26N2O2. The Balaban J connectivity index is 2.77. The highest BCUT2D eigenvalue weighted by atomic mass is 16.5. The van der Waals surface area contributed by atoms with Gasteiger partial charge in [-0.2, -0.15) is 0 Å². The van der Waals surface area contributed by atoms with E-state index in [9.17, 15) is 0 Å². The molecule has 0 aliphatic heterocycles. The standard InChI is InChI=1S/C15H26N2O2/c1-17(9-6-10-18-2)15(11-16)14-8-5-4-7-13(14)12-19-3/h4-5,7-8,15H,6,9-12,16H2,1-3H3. The number of rotatable bonds is 9. The van der Waals surface area contributed by atoms with Crippen LogP contribution in [0.2, 0.25) is 0 Å². The van der Waals surface area contributed by atoms with E-state index in [1.807, 2.05) is 6.07 Å². The zero-order valence-electron chi connectivity index (χ0n) is 12.3. The average molecular weight is 266 g/mol. The lowest BCUT2D eigenvalue weighted by Crippen LogP contribution is -2.32. The molecule has 0 heterocycles. The highest BCUT2D eigenvalue weighted by molar-refractivity contribution is 5.30. The lowest BCUT2D eigenvalue weighted by atomic mass is 9.99. The van der Waals surface area contributed by atoms with Gasteiger partial charge in [-0.05, 0) is 24.6 Å². The molecule has 1 aromatic carbocycles. The zero-order valence-corrected chi connectivity index (χ0v) is 12.3. The maximum absolute atomic E-state index is 5.96. The fourth-order valence-corrected chi connectivity index (χ4v) is 2.30. The minimum absolute atomic E-state index is 0.225. The summed E-state index contributed by atoms with van der Waals surface area (Å²) in [6.45, 7) is 2.97. The van der Waals surface area contributed by atoms with Crippen LogP contribution in [0, 0.1) is 0 Å². The molecule has 1 aromatic rings. The first-order chi connectivity index (χ1) is 9.24. The van der Waals surface area contributed by atoms with Crippen LogP contribution in [0.4, 0.5) is 0 Å². The highest BCUT2D eigenvalue weighted by Gasteiger charge is 2.17. The largest absolute Gasteiger partial charge is 0.385 e. The normalized spacial score (nSPS) is 12.9. The number of ether oxygens (including phenoxy) is 2. The summed E-state index contributed by atoms with van der Waals surface area (Å²) in [4.78, 5) is 2.29. The molecule has 0 bridgehead atoms. The third-order valence-electron chi connectivity index (χ3n) is 3.33. The van der Waals surface area contributed by atoms with E-state index < -0.39 is 0 Å². The van der Waals surface area contributed by atoms with Crippen LogP contribution in [0.15, 0.2) is 24.3 Å². The topological polar surface area (TPSA) is 47.7 Å². The van der Waals surface area contributed by atoms with E-state index in [0.717, 1.165) is 19.6 Å². The van der Waals surface area contributed by atoms with E-state index >= 15 is 0 Å². The SMILES string of the molecule is COCCCN(C)C(CN)c1ccccc1COC. The van der Waals surface area contributed by atoms with Crippen LogP contribution in [0.1, 0.15) is 23.6 Å². The van der Waals surface area contributed by atoms with Gasteiger partial charge in [0.2, 0.25) is 0 Å². The van der Waals surface area contributed by atoms with Crippen LogP contribution in [0.3, 0.4) is 0 Å². The van der Waals surface area contributed by atoms with Crippen molar-refractivity contribution in [2.24, 2.45) is 5.73 Å². The molecule has 4 heteroatoms. The second-order valence-electron chi connectivity index (χ2n) is 4.71. The van der Waals surface area contributed by atoms with Gasteiger partial charge in [0.05, 0.1) is 6.61 Å². The second-order valence-corrected chi connectivity index (χ2v) is 4.71. The van der Waals surface area contributed by atoms with Crippen molar-refractivity contribution in [2.45, 2.75) is 19.1 Å². The fraction of sp³-hybridized carbons (Fsp3) is 0.600. The third kappa shape index (κ3) is 4.91. The summed E-state index contributed by atoms with van der Waals surface area (Å²) < 4.78 is 10.4. The number of benzene rings is 1. The number of hydrogen-bond acceptors (Lipinski definition) is 4. The van der Waals surface area contributed by atoms with Gasteiger partial charge in [0, 0.05) is 40.0 Å². The average Bonchev–Trinajstić information content (AvgIpc) is 2.42. The monoisotopic (exact) mass is 266 g/mol. The lowest BCUT2D eigenvalue weighted by Gasteiger charge is -2.29. The van der Waals surface area contributed by atoms with Crippen molar-refractivity contribution in [2.75, 3.05) is 41.0 Å². The number of nitrogens with two attached hydrogens (primary N) is 1. The lowest BCUT2D eigenvalue weighted by molar-refractivity contribution is 0.162.